The summed E-state index contributed by atoms with van der Waals surface area (Å²) in [5.74, 6) is 1.58. The van der Waals surface area contributed by atoms with Crippen LogP contribution in [0.4, 0.5) is 11.6 Å². The van der Waals surface area contributed by atoms with Crippen molar-refractivity contribution >= 4 is 33.2 Å². The van der Waals surface area contributed by atoms with Crippen LogP contribution in [0.5, 0.6) is 0 Å². The minimum atomic E-state index is 0.0429. The summed E-state index contributed by atoms with van der Waals surface area (Å²) in [4.78, 5) is 32.7. The molecule has 0 aromatic carbocycles. The second kappa shape index (κ2) is 6.05. The molecule has 1 saturated carbocycles. The van der Waals surface area contributed by atoms with Crippen LogP contribution in [-0.2, 0) is 0 Å². The van der Waals surface area contributed by atoms with Crippen LogP contribution in [0.3, 0.4) is 0 Å². The molecule has 0 amide bonds. The van der Waals surface area contributed by atoms with E-state index in [0.29, 0.717) is 11.9 Å². The molecule has 0 bridgehead atoms. The lowest BCUT2D eigenvalue weighted by atomic mass is 10.2. The summed E-state index contributed by atoms with van der Waals surface area (Å²) in [7, 11) is 0. The number of thiophene rings is 1. The molecule has 3 aromatic heterocycles. The zero-order valence-electron chi connectivity index (χ0n) is 14.6. The normalized spacial score (nSPS) is 17.9. The van der Waals surface area contributed by atoms with Gasteiger partial charge in [-0.2, -0.15) is 0 Å². The Bertz CT molecular complexity index is 1020. The predicted octanol–water partition coefficient (Wildman–Crippen LogP) is 2.22. The number of piperazine rings is 1. The minimum Gasteiger partial charge on any atom is -0.352 e. The Kier molecular flexibility index (Phi) is 3.66. The first kappa shape index (κ1) is 15.7. The van der Waals surface area contributed by atoms with Gasteiger partial charge in [0.1, 0.15) is 17.0 Å². The molecular formula is C18H20N6OS. The summed E-state index contributed by atoms with van der Waals surface area (Å²) < 4.78 is 1.84. The lowest BCUT2D eigenvalue weighted by Crippen LogP contribution is -2.49. The molecule has 1 aliphatic heterocycles. The lowest BCUT2D eigenvalue weighted by molar-refractivity contribution is 0.626. The maximum absolute atomic E-state index is 12.7. The molecule has 0 unspecified atom stereocenters. The average Bonchev–Trinajstić information content (AvgIpc) is 3.42. The van der Waals surface area contributed by atoms with Crippen LogP contribution in [0.25, 0.3) is 10.2 Å². The second-order valence-corrected chi connectivity index (χ2v) is 8.18. The van der Waals surface area contributed by atoms with Gasteiger partial charge in [0.25, 0.3) is 5.56 Å². The number of nitrogens with zero attached hydrogens (tertiary/aromatic N) is 6. The molecule has 1 saturated heterocycles. The highest BCUT2D eigenvalue weighted by Gasteiger charge is 2.28. The van der Waals surface area contributed by atoms with Gasteiger partial charge in [0.15, 0.2) is 5.82 Å². The van der Waals surface area contributed by atoms with E-state index in [0.717, 1.165) is 55.1 Å². The zero-order chi connectivity index (χ0) is 17.7. The number of anilines is 2. The molecule has 2 fully saturated rings. The van der Waals surface area contributed by atoms with Gasteiger partial charge in [0.05, 0.1) is 5.39 Å². The van der Waals surface area contributed by atoms with Gasteiger partial charge >= 0.3 is 0 Å². The molecule has 7 nitrogen and oxygen atoms in total. The van der Waals surface area contributed by atoms with Crippen LogP contribution >= 0.6 is 11.3 Å². The van der Waals surface area contributed by atoms with Gasteiger partial charge in [-0.25, -0.2) is 15.0 Å². The van der Waals surface area contributed by atoms with Crippen molar-refractivity contribution in [2.75, 3.05) is 36.0 Å². The van der Waals surface area contributed by atoms with E-state index < -0.39 is 0 Å². The highest BCUT2D eigenvalue weighted by atomic mass is 32.1. The third-order valence-corrected chi connectivity index (χ3v) is 6.06. The van der Waals surface area contributed by atoms with E-state index in [-0.39, 0.29) is 5.56 Å². The summed E-state index contributed by atoms with van der Waals surface area (Å²) in [6, 6.07) is 2.54. The van der Waals surface area contributed by atoms with Crippen molar-refractivity contribution in [1.29, 1.82) is 0 Å². The number of aromatic nitrogens is 4. The van der Waals surface area contributed by atoms with Crippen molar-refractivity contribution in [1.82, 2.24) is 19.5 Å². The molecule has 4 heterocycles. The van der Waals surface area contributed by atoms with Crippen LogP contribution in [0.1, 0.15) is 23.8 Å². The van der Waals surface area contributed by atoms with Gasteiger partial charge in [-0.15, -0.1) is 11.3 Å². The number of hydrogen-bond acceptors (Lipinski definition) is 7. The molecular weight excluding hydrogens is 348 g/mol. The smallest absolute Gasteiger partial charge is 0.293 e. The Morgan fingerprint density at radius 2 is 1.77 bits per heavy atom. The average molecular weight is 368 g/mol. The fourth-order valence-corrected chi connectivity index (χ4v) is 4.46. The van der Waals surface area contributed by atoms with E-state index in [9.17, 15) is 4.79 Å². The van der Waals surface area contributed by atoms with Crippen LogP contribution in [0.2, 0.25) is 0 Å². The third kappa shape index (κ3) is 2.65. The second-order valence-electron chi connectivity index (χ2n) is 6.94. The van der Waals surface area contributed by atoms with E-state index in [1.165, 1.54) is 4.88 Å². The SMILES string of the molecule is Cc1cc2c(N3CCN(c4nccn(C5CC5)c4=O)CC3)ncnc2s1. The van der Waals surface area contributed by atoms with Crippen molar-refractivity contribution in [3.8, 4) is 0 Å². The quantitative estimate of drug-likeness (QED) is 0.706. The third-order valence-electron chi connectivity index (χ3n) is 5.10. The van der Waals surface area contributed by atoms with Gasteiger partial charge in [0, 0.05) is 49.5 Å². The first-order valence-corrected chi connectivity index (χ1v) is 9.80. The van der Waals surface area contributed by atoms with Crippen molar-refractivity contribution in [3.05, 3.63) is 40.0 Å². The summed E-state index contributed by atoms with van der Waals surface area (Å²) in [6.45, 7) is 5.28. The number of aryl methyl sites for hydroxylation is 1. The molecule has 26 heavy (non-hydrogen) atoms. The summed E-state index contributed by atoms with van der Waals surface area (Å²) in [5, 5.41) is 1.12. The summed E-state index contributed by atoms with van der Waals surface area (Å²) >= 11 is 1.70. The highest BCUT2D eigenvalue weighted by molar-refractivity contribution is 7.18. The molecule has 0 atom stereocenters. The monoisotopic (exact) mass is 368 g/mol. The molecule has 0 radical (unpaired) electrons. The molecule has 2 aliphatic rings. The van der Waals surface area contributed by atoms with Gasteiger partial charge in [0.2, 0.25) is 0 Å². The fraction of sp³-hybridized carbons (Fsp3) is 0.444. The maximum Gasteiger partial charge on any atom is 0.293 e. The number of fused-ring (bicyclic) bond motifs is 1. The van der Waals surface area contributed by atoms with Crippen LogP contribution in [0.15, 0.2) is 29.6 Å². The van der Waals surface area contributed by atoms with Gasteiger partial charge in [-0.1, -0.05) is 0 Å². The Morgan fingerprint density at radius 1 is 1.04 bits per heavy atom. The van der Waals surface area contributed by atoms with Gasteiger partial charge in [-0.05, 0) is 25.8 Å². The standard InChI is InChI=1S/C18H20N6OS/c1-12-10-14-15(20-11-21-17(14)26-12)22-6-8-23(9-7-22)16-18(25)24(5-4-19-16)13-2-3-13/h4-5,10-11,13H,2-3,6-9H2,1H3. The largest absolute Gasteiger partial charge is 0.352 e. The Labute approximate surface area is 154 Å². The van der Waals surface area contributed by atoms with E-state index in [1.54, 1.807) is 23.9 Å². The first-order chi connectivity index (χ1) is 12.7. The first-order valence-electron chi connectivity index (χ1n) is 8.99. The Hall–Kier alpha value is -2.48. The molecule has 5 rings (SSSR count). The van der Waals surface area contributed by atoms with Crippen molar-refractivity contribution in [3.63, 3.8) is 0 Å². The maximum atomic E-state index is 12.7. The molecule has 0 N–H and O–H groups in total. The van der Waals surface area contributed by atoms with E-state index in [1.807, 2.05) is 10.8 Å². The predicted molar refractivity (Wildman–Crippen MR) is 103 cm³/mol. The van der Waals surface area contributed by atoms with Crippen LogP contribution in [0, 0.1) is 6.92 Å². The summed E-state index contributed by atoms with van der Waals surface area (Å²) in [5.41, 5.74) is 0.0429. The zero-order valence-corrected chi connectivity index (χ0v) is 15.4. The van der Waals surface area contributed by atoms with Crippen LogP contribution in [-0.4, -0.2) is 45.7 Å². The van der Waals surface area contributed by atoms with E-state index in [4.69, 9.17) is 0 Å². The molecule has 8 heteroatoms. The van der Waals surface area contributed by atoms with Gasteiger partial charge in [-0.3, -0.25) is 4.79 Å². The fourth-order valence-electron chi connectivity index (χ4n) is 3.62. The highest BCUT2D eigenvalue weighted by Crippen LogP contribution is 2.33. The van der Waals surface area contributed by atoms with Crippen molar-refractivity contribution < 1.29 is 0 Å². The number of rotatable bonds is 3. The minimum absolute atomic E-state index is 0.0429. The molecule has 134 valence electrons. The lowest BCUT2D eigenvalue weighted by Gasteiger charge is -2.35. The van der Waals surface area contributed by atoms with Crippen molar-refractivity contribution in [2.24, 2.45) is 0 Å². The van der Waals surface area contributed by atoms with Gasteiger partial charge < -0.3 is 14.4 Å². The Balaban J connectivity index is 1.38. The topological polar surface area (TPSA) is 67.2 Å². The van der Waals surface area contributed by atoms with E-state index >= 15 is 0 Å². The van der Waals surface area contributed by atoms with Crippen molar-refractivity contribution in [2.45, 2.75) is 25.8 Å². The molecule has 1 aliphatic carbocycles. The Morgan fingerprint density at radius 3 is 2.50 bits per heavy atom. The van der Waals surface area contributed by atoms with Crippen LogP contribution < -0.4 is 15.4 Å². The number of hydrogen-bond donors (Lipinski definition) is 0. The summed E-state index contributed by atoms with van der Waals surface area (Å²) in [6.07, 6.45) is 7.41. The van der Waals surface area contributed by atoms with E-state index in [2.05, 4.69) is 37.7 Å². The molecule has 0 spiro atoms. The molecule has 3 aromatic rings.